The fourth-order valence-electron chi connectivity index (χ4n) is 2.70. The first-order valence-corrected chi connectivity index (χ1v) is 6.93. The third kappa shape index (κ3) is 3.77. The molecule has 21 heavy (non-hydrogen) atoms. The Balaban J connectivity index is 1.95. The van der Waals surface area contributed by atoms with E-state index in [1.807, 2.05) is 0 Å². The van der Waals surface area contributed by atoms with Gasteiger partial charge in [0.05, 0.1) is 6.42 Å². The summed E-state index contributed by atoms with van der Waals surface area (Å²) in [7, 11) is 0. The van der Waals surface area contributed by atoms with Crippen LogP contribution in [0.1, 0.15) is 31.2 Å². The van der Waals surface area contributed by atoms with Gasteiger partial charge in [-0.2, -0.15) is 0 Å². The quantitative estimate of drug-likeness (QED) is 0.907. The first kappa shape index (κ1) is 15.4. The maximum atomic E-state index is 13.5. The van der Waals surface area contributed by atoms with E-state index in [0.717, 1.165) is 12.5 Å². The molecule has 0 aliphatic carbocycles. The lowest BCUT2D eigenvalue weighted by Crippen LogP contribution is -2.37. The Morgan fingerprint density at radius 2 is 2.10 bits per heavy atom. The number of carboxylic acid groups (broad SMARTS) is 1. The first-order chi connectivity index (χ1) is 9.99. The van der Waals surface area contributed by atoms with Crippen LogP contribution < -0.4 is 0 Å². The van der Waals surface area contributed by atoms with Crippen LogP contribution in [-0.2, 0) is 16.0 Å². The Morgan fingerprint density at radius 3 is 2.81 bits per heavy atom. The predicted octanol–water partition coefficient (Wildman–Crippen LogP) is 2.36. The Hall–Kier alpha value is -1.98. The van der Waals surface area contributed by atoms with Crippen molar-refractivity contribution in [3.05, 3.63) is 35.4 Å². The van der Waals surface area contributed by atoms with Gasteiger partial charge in [0.2, 0.25) is 5.91 Å². The molecule has 0 radical (unpaired) electrons. The molecular formula is C15H17F2NO3. The van der Waals surface area contributed by atoms with Crippen molar-refractivity contribution in [2.24, 2.45) is 0 Å². The van der Waals surface area contributed by atoms with Crippen molar-refractivity contribution in [2.75, 3.05) is 6.54 Å². The lowest BCUT2D eigenvalue weighted by atomic mass is 10.1. The Bertz CT molecular complexity index is 548. The lowest BCUT2D eigenvalue weighted by molar-refractivity contribution is -0.139. The summed E-state index contributed by atoms with van der Waals surface area (Å²) in [6.07, 6.45) is 1.54. The Labute approximate surface area is 121 Å². The number of likely N-dealkylation sites (tertiary alicyclic amines) is 1. The molecule has 1 aliphatic heterocycles. The second kappa shape index (κ2) is 6.65. The summed E-state index contributed by atoms with van der Waals surface area (Å²) in [5.74, 6) is -2.99. The van der Waals surface area contributed by atoms with Gasteiger partial charge < -0.3 is 10.0 Å². The topological polar surface area (TPSA) is 57.6 Å². The van der Waals surface area contributed by atoms with Gasteiger partial charge in [0.15, 0.2) is 11.6 Å². The van der Waals surface area contributed by atoms with Gasteiger partial charge in [0.1, 0.15) is 0 Å². The van der Waals surface area contributed by atoms with Crippen LogP contribution in [0.5, 0.6) is 0 Å². The summed E-state index contributed by atoms with van der Waals surface area (Å²) < 4.78 is 26.6. The number of halogens is 2. The summed E-state index contributed by atoms with van der Waals surface area (Å²) in [5, 5.41) is 8.82. The minimum absolute atomic E-state index is 0.0521. The minimum Gasteiger partial charge on any atom is -0.481 e. The molecule has 1 aliphatic rings. The molecule has 1 fully saturated rings. The molecule has 1 amide bonds. The van der Waals surface area contributed by atoms with Crippen molar-refractivity contribution in [1.82, 2.24) is 4.90 Å². The van der Waals surface area contributed by atoms with Gasteiger partial charge in [0, 0.05) is 19.0 Å². The molecule has 6 heteroatoms. The molecule has 1 aromatic rings. The molecule has 1 N–H and O–H groups in total. The zero-order valence-corrected chi connectivity index (χ0v) is 11.5. The third-order valence-corrected chi connectivity index (χ3v) is 3.75. The number of carboxylic acids is 1. The second-order valence-electron chi connectivity index (χ2n) is 5.19. The molecule has 1 heterocycles. The Morgan fingerprint density at radius 1 is 1.33 bits per heavy atom. The number of amides is 1. The fourth-order valence-corrected chi connectivity index (χ4v) is 2.70. The smallest absolute Gasteiger partial charge is 0.305 e. The number of benzene rings is 1. The van der Waals surface area contributed by atoms with Gasteiger partial charge in [-0.05, 0) is 30.9 Å². The van der Waals surface area contributed by atoms with Gasteiger partial charge >= 0.3 is 5.97 Å². The number of nitrogens with zero attached hydrogens (tertiary/aromatic N) is 1. The SMILES string of the molecule is O=C(O)CC1CCCN1C(=O)CCc1cccc(F)c1F. The molecule has 1 unspecified atom stereocenters. The molecule has 0 saturated carbocycles. The number of carbonyl (C=O) groups is 2. The molecule has 0 spiro atoms. The molecule has 0 aromatic heterocycles. The van der Waals surface area contributed by atoms with E-state index < -0.39 is 17.6 Å². The van der Waals surface area contributed by atoms with E-state index in [9.17, 15) is 18.4 Å². The largest absolute Gasteiger partial charge is 0.481 e. The van der Waals surface area contributed by atoms with Crippen LogP contribution in [-0.4, -0.2) is 34.5 Å². The second-order valence-corrected chi connectivity index (χ2v) is 5.19. The van der Waals surface area contributed by atoms with Crippen LogP contribution in [0, 0.1) is 11.6 Å². The number of aliphatic carboxylic acids is 1. The van der Waals surface area contributed by atoms with E-state index in [2.05, 4.69) is 0 Å². The average molecular weight is 297 g/mol. The van der Waals surface area contributed by atoms with Gasteiger partial charge in [-0.25, -0.2) is 8.78 Å². The maximum Gasteiger partial charge on any atom is 0.305 e. The molecule has 1 aromatic carbocycles. The molecule has 0 bridgehead atoms. The minimum atomic E-state index is -0.934. The number of carbonyl (C=O) groups excluding carboxylic acids is 1. The highest BCUT2D eigenvalue weighted by Gasteiger charge is 2.30. The summed E-state index contributed by atoms with van der Waals surface area (Å²) in [6.45, 7) is 0.530. The lowest BCUT2D eigenvalue weighted by Gasteiger charge is -2.23. The summed E-state index contributed by atoms with van der Waals surface area (Å²) in [4.78, 5) is 24.4. The molecule has 4 nitrogen and oxygen atoms in total. The van der Waals surface area contributed by atoms with Crippen LogP contribution in [0.2, 0.25) is 0 Å². The molecule has 114 valence electrons. The van der Waals surface area contributed by atoms with E-state index in [1.165, 1.54) is 12.1 Å². The van der Waals surface area contributed by atoms with Gasteiger partial charge in [-0.1, -0.05) is 12.1 Å². The van der Waals surface area contributed by atoms with Gasteiger partial charge in [0.25, 0.3) is 0 Å². The molecule has 1 atom stereocenters. The van der Waals surface area contributed by atoms with Crippen molar-refractivity contribution < 1.29 is 23.5 Å². The number of hydrogen-bond acceptors (Lipinski definition) is 2. The number of aryl methyl sites for hydroxylation is 1. The van der Waals surface area contributed by atoms with Crippen molar-refractivity contribution in [3.63, 3.8) is 0 Å². The third-order valence-electron chi connectivity index (χ3n) is 3.75. The van der Waals surface area contributed by atoms with Crippen molar-refractivity contribution in [1.29, 1.82) is 0 Å². The zero-order chi connectivity index (χ0) is 15.4. The van der Waals surface area contributed by atoms with Gasteiger partial charge in [-0.15, -0.1) is 0 Å². The predicted molar refractivity (Wildman–Crippen MR) is 71.7 cm³/mol. The highest BCUT2D eigenvalue weighted by molar-refractivity contribution is 5.78. The van der Waals surface area contributed by atoms with E-state index in [4.69, 9.17) is 5.11 Å². The number of rotatable bonds is 5. The maximum absolute atomic E-state index is 13.5. The van der Waals surface area contributed by atoms with Crippen LogP contribution >= 0.6 is 0 Å². The van der Waals surface area contributed by atoms with Crippen molar-refractivity contribution >= 4 is 11.9 Å². The van der Waals surface area contributed by atoms with E-state index in [-0.39, 0.29) is 36.8 Å². The Kier molecular flexibility index (Phi) is 4.88. The standard InChI is InChI=1S/C15H17F2NO3/c16-12-5-1-3-10(15(12)17)6-7-13(19)18-8-2-4-11(18)9-14(20)21/h1,3,5,11H,2,4,6-9H2,(H,20,21). The van der Waals surface area contributed by atoms with Crippen LogP contribution in [0.4, 0.5) is 8.78 Å². The van der Waals surface area contributed by atoms with Crippen LogP contribution in [0.15, 0.2) is 18.2 Å². The molecule has 2 rings (SSSR count). The average Bonchev–Trinajstić information content (AvgIpc) is 2.87. The van der Waals surface area contributed by atoms with E-state index in [0.29, 0.717) is 13.0 Å². The summed E-state index contributed by atoms with van der Waals surface area (Å²) in [6, 6.07) is 3.60. The first-order valence-electron chi connectivity index (χ1n) is 6.93. The van der Waals surface area contributed by atoms with Crippen molar-refractivity contribution in [3.8, 4) is 0 Å². The van der Waals surface area contributed by atoms with Crippen LogP contribution in [0.25, 0.3) is 0 Å². The normalized spacial score (nSPS) is 18.0. The fraction of sp³-hybridized carbons (Fsp3) is 0.467. The molecule has 1 saturated heterocycles. The number of hydrogen-bond donors (Lipinski definition) is 1. The zero-order valence-electron chi connectivity index (χ0n) is 11.5. The van der Waals surface area contributed by atoms with E-state index in [1.54, 1.807) is 4.90 Å². The summed E-state index contributed by atoms with van der Waals surface area (Å²) in [5.41, 5.74) is 0.164. The highest BCUT2D eigenvalue weighted by atomic mass is 19.2. The monoisotopic (exact) mass is 297 g/mol. The molecular weight excluding hydrogens is 280 g/mol. The van der Waals surface area contributed by atoms with E-state index >= 15 is 0 Å². The van der Waals surface area contributed by atoms with Crippen molar-refractivity contribution in [2.45, 2.75) is 38.1 Å². The van der Waals surface area contributed by atoms with Crippen LogP contribution in [0.3, 0.4) is 0 Å². The summed E-state index contributed by atoms with van der Waals surface area (Å²) >= 11 is 0. The highest BCUT2D eigenvalue weighted by Crippen LogP contribution is 2.22. The van der Waals surface area contributed by atoms with Gasteiger partial charge in [-0.3, -0.25) is 9.59 Å².